The van der Waals surface area contributed by atoms with Crippen molar-refractivity contribution in [3.8, 4) is 0 Å². The lowest BCUT2D eigenvalue weighted by atomic mass is 9.99. The first kappa shape index (κ1) is 8.47. The maximum atomic E-state index is 5.62. The summed E-state index contributed by atoms with van der Waals surface area (Å²) in [6, 6.07) is 1.91. The maximum absolute atomic E-state index is 5.62. The highest BCUT2D eigenvalue weighted by atomic mass is 16.5. The molecule has 13 heavy (non-hydrogen) atoms. The minimum atomic E-state index is 0.226. The molecule has 0 fully saturated rings. The second kappa shape index (κ2) is 3.32. The fourth-order valence-corrected chi connectivity index (χ4v) is 1.59. The third kappa shape index (κ3) is 1.50. The van der Waals surface area contributed by atoms with Crippen LogP contribution in [0, 0.1) is 0 Å². The van der Waals surface area contributed by atoms with Gasteiger partial charge in [-0.2, -0.15) is 0 Å². The van der Waals surface area contributed by atoms with E-state index >= 15 is 0 Å². The average molecular weight is 179 g/mol. The Balaban J connectivity index is 2.40. The summed E-state index contributed by atoms with van der Waals surface area (Å²) in [5.41, 5.74) is 14.0. The van der Waals surface area contributed by atoms with Crippen LogP contribution in [-0.4, -0.2) is 18.1 Å². The quantitative estimate of drug-likeness (QED) is 0.647. The van der Waals surface area contributed by atoms with Crippen molar-refractivity contribution in [3.63, 3.8) is 0 Å². The van der Waals surface area contributed by atoms with Crippen LogP contribution in [0.15, 0.2) is 12.3 Å². The summed E-state index contributed by atoms with van der Waals surface area (Å²) in [5, 5.41) is 0. The van der Waals surface area contributed by atoms with Crippen LogP contribution < -0.4 is 11.5 Å². The number of ether oxygens (including phenoxy) is 1. The molecule has 0 aromatic carbocycles. The number of anilines is 1. The first-order valence-corrected chi connectivity index (χ1v) is 4.33. The van der Waals surface area contributed by atoms with Crippen LogP contribution in [0.4, 0.5) is 5.69 Å². The van der Waals surface area contributed by atoms with E-state index in [9.17, 15) is 0 Å². The molecule has 1 aromatic heterocycles. The van der Waals surface area contributed by atoms with Gasteiger partial charge in [0.1, 0.15) is 0 Å². The number of pyridine rings is 1. The van der Waals surface area contributed by atoms with Crippen LogP contribution >= 0.6 is 0 Å². The minimum Gasteiger partial charge on any atom is -0.397 e. The Hall–Kier alpha value is -1.13. The lowest BCUT2D eigenvalue weighted by molar-refractivity contribution is 0.0909. The average Bonchev–Trinajstić information content (AvgIpc) is 2.16. The molecule has 0 saturated heterocycles. The highest BCUT2D eigenvalue weighted by Gasteiger charge is 2.20. The molecular weight excluding hydrogens is 166 g/mol. The summed E-state index contributed by atoms with van der Waals surface area (Å²) in [7, 11) is 0. The highest BCUT2D eigenvalue weighted by molar-refractivity contribution is 5.41. The summed E-state index contributed by atoms with van der Waals surface area (Å²) in [5.74, 6) is 0.226. The summed E-state index contributed by atoms with van der Waals surface area (Å²) in [6.07, 6.45) is 1.67. The van der Waals surface area contributed by atoms with Gasteiger partial charge in [0.05, 0.1) is 30.8 Å². The van der Waals surface area contributed by atoms with Gasteiger partial charge in [-0.1, -0.05) is 0 Å². The lowest BCUT2D eigenvalue weighted by Gasteiger charge is -2.23. The van der Waals surface area contributed by atoms with E-state index in [1.165, 1.54) is 0 Å². The summed E-state index contributed by atoms with van der Waals surface area (Å²) in [6.45, 7) is 1.84. The van der Waals surface area contributed by atoms with Crippen LogP contribution in [0.2, 0.25) is 0 Å². The van der Waals surface area contributed by atoms with Crippen molar-refractivity contribution in [1.82, 2.24) is 4.98 Å². The molecule has 1 atom stereocenters. The zero-order valence-corrected chi connectivity index (χ0v) is 7.36. The van der Waals surface area contributed by atoms with E-state index in [4.69, 9.17) is 16.2 Å². The third-order valence-corrected chi connectivity index (χ3v) is 2.27. The number of fused-ring (bicyclic) bond motifs is 1. The van der Waals surface area contributed by atoms with Crippen LogP contribution in [-0.2, 0) is 11.3 Å². The van der Waals surface area contributed by atoms with Gasteiger partial charge in [-0.15, -0.1) is 0 Å². The van der Waals surface area contributed by atoms with E-state index in [1.54, 1.807) is 6.20 Å². The van der Waals surface area contributed by atoms with Gasteiger partial charge in [0, 0.05) is 18.0 Å². The number of nitrogen functional groups attached to an aromatic ring is 1. The van der Waals surface area contributed by atoms with E-state index < -0.39 is 0 Å². The van der Waals surface area contributed by atoms with E-state index in [0.717, 1.165) is 11.3 Å². The molecule has 1 unspecified atom stereocenters. The van der Waals surface area contributed by atoms with Gasteiger partial charge < -0.3 is 16.2 Å². The molecule has 4 N–H and O–H groups in total. The Morgan fingerprint density at radius 1 is 1.62 bits per heavy atom. The molecule has 1 aliphatic rings. The highest BCUT2D eigenvalue weighted by Crippen LogP contribution is 2.24. The van der Waals surface area contributed by atoms with Gasteiger partial charge in [-0.05, 0) is 6.07 Å². The van der Waals surface area contributed by atoms with E-state index in [2.05, 4.69) is 4.98 Å². The Bertz CT molecular complexity index is 314. The zero-order valence-electron chi connectivity index (χ0n) is 7.36. The number of nitrogens with two attached hydrogens (primary N) is 2. The van der Waals surface area contributed by atoms with E-state index in [1.807, 2.05) is 6.07 Å². The first-order chi connectivity index (χ1) is 6.31. The summed E-state index contributed by atoms with van der Waals surface area (Å²) >= 11 is 0. The lowest BCUT2D eigenvalue weighted by Crippen LogP contribution is -2.24. The molecule has 0 aliphatic carbocycles. The zero-order chi connectivity index (χ0) is 9.26. The Morgan fingerprint density at radius 3 is 3.23 bits per heavy atom. The monoisotopic (exact) mass is 179 g/mol. The second-order valence-electron chi connectivity index (χ2n) is 3.26. The molecule has 2 heterocycles. The van der Waals surface area contributed by atoms with Crippen molar-refractivity contribution in [1.29, 1.82) is 0 Å². The minimum absolute atomic E-state index is 0.226. The Labute approximate surface area is 76.9 Å². The molecule has 4 nitrogen and oxygen atoms in total. The van der Waals surface area contributed by atoms with Crippen LogP contribution in [0.5, 0.6) is 0 Å². The molecule has 0 bridgehead atoms. The molecule has 0 amide bonds. The smallest absolute Gasteiger partial charge is 0.0735 e. The van der Waals surface area contributed by atoms with Crippen LogP contribution in [0.1, 0.15) is 17.2 Å². The molecule has 1 aliphatic heterocycles. The molecular formula is C9H13N3O. The fourth-order valence-electron chi connectivity index (χ4n) is 1.59. The number of rotatable bonds is 1. The number of aromatic nitrogens is 1. The van der Waals surface area contributed by atoms with Gasteiger partial charge in [0.25, 0.3) is 0 Å². The van der Waals surface area contributed by atoms with E-state index in [-0.39, 0.29) is 5.92 Å². The molecule has 0 saturated carbocycles. The molecule has 1 aromatic rings. The number of hydrogen-bond acceptors (Lipinski definition) is 4. The predicted molar refractivity (Wildman–Crippen MR) is 50.1 cm³/mol. The third-order valence-electron chi connectivity index (χ3n) is 2.27. The van der Waals surface area contributed by atoms with Gasteiger partial charge in [0.15, 0.2) is 0 Å². The van der Waals surface area contributed by atoms with Gasteiger partial charge >= 0.3 is 0 Å². The molecule has 0 spiro atoms. The van der Waals surface area contributed by atoms with Crippen molar-refractivity contribution < 1.29 is 4.74 Å². The topological polar surface area (TPSA) is 74.2 Å². The maximum Gasteiger partial charge on any atom is 0.0735 e. The standard InChI is InChI=1S/C9H13N3O/c10-2-7-5-13-4-6-1-8(11)3-12-9(6)7/h1,3,7H,2,4-5,10-11H2. The second-order valence-corrected chi connectivity index (χ2v) is 3.26. The summed E-state index contributed by atoms with van der Waals surface area (Å²) < 4.78 is 5.38. The van der Waals surface area contributed by atoms with Crippen molar-refractivity contribution in [2.24, 2.45) is 5.73 Å². The van der Waals surface area contributed by atoms with Gasteiger partial charge in [-0.3, -0.25) is 4.98 Å². The van der Waals surface area contributed by atoms with Crippen LogP contribution in [0.25, 0.3) is 0 Å². The Morgan fingerprint density at radius 2 is 2.46 bits per heavy atom. The van der Waals surface area contributed by atoms with Crippen LogP contribution in [0.3, 0.4) is 0 Å². The fraction of sp³-hybridized carbons (Fsp3) is 0.444. The molecule has 0 radical (unpaired) electrons. The largest absolute Gasteiger partial charge is 0.397 e. The van der Waals surface area contributed by atoms with Crippen molar-refractivity contribution >= 4 is 5.69 Å². The molecule has 2 rings (SSSR count). The number of nitrogens with zero attached hydrogens (tertiary/aromatic N) is 1. The molecule has 4 heteroatoms. The van der Waals surface area contributed by atoms with Gasteiger partial charge in [0.2, 0.25) is 0 Å². The predicted octanol–water partition coefficient (Wildman–Crippen LogP) is 0.236. The number of hydrogen-bond donors (Lipinski definition) is 2. The van der Waals surface area contributed by atoms with Crippen molar-refractivity contribution in [2.45, 2.75) is 12.5 Å². The van der Waals surface area contributed by atoms with Gasteiger partial charge in [-0.25, -0.2) is 0 Å². The van der Waals surface area contributed by atoms with Crippen molar-refractivity contribution in [2.75, 3.05) is 18.9 Å². The summed E-state index contributed by atoms with van der Waals surface area (Å²) in [4.78, 5) is 4.29. The SMILES string of the molecule is NCC1COCc2cc(N)cnc21. The Kier molecular flexibility index (Phi) is 2.16. The first-order valence-electron chi connectivity index (χ1n) is 4.33. The van der Waals surface area contributed by atoms with Crippen molar-refractivity contribution in [3.05, 3.63) is 23.5 Å². The van der Waals surface area contributed by atoms with E-state index in [0.29, 0.717) is 25.4 Å². The normalized spacial score (nSPS) is 21.2. The molecule has 70 valence electrons.